The highest BCUT2D eigenvalue weighted by Gasteiger charge is 2.24. The molecule has 3 nitrogen and oxygen atoms in total. The van der Waals surface area contributed by atoms with E-state index in [1.165, 1.54) is 6.42 Å². The highest BCUT2D eigenvalue weighted by molar-refractivity contribution is 8.22. The molecule has 1 saturated carbocycles. The lowest BCUT2D eigenvalue weighted by Gasteiger charge is -2.22. The topological polar surface area (TPSA) is 29.5 Å². The van der Waals surface area contributed by atoms with Crippen LogP contribution in [0.2, 0.25) is 0 Å². The SMILES string of the molecule is O=C1CCCCC1CSC(=S)N1CCOC1. The summed E-state index contributed by atoms with van der Waals surface area (Å²) in [5.74, 6) is 1.52. The zero-order valence-corrected chi connectivity index (χ0v) is 10.9. The molecule has 0 bridgehead atoms. The first kappa shape index (κ1) is 12.3. The Balaban J connectivity index is 1.73. The van der Waals surface area contributed by atoms with E-state index in [-0.39, 0.29) is 5.92 Å². The molecule has 2 aliphatic rings. The zero-order valence-electron chi connectivity index (χ0n) is 9.31. The van der Waals surface area contributed by atoms with Gasteiger partial charge in [-0.15, -0.1) is 0 Å². The average molecular weight is 259 g/mol. The number of hydrogen-bond acceptors (Lipinski definition) is 4. The van der Waals surface area contributed by atoms with Gasteiger partial charge in [-0.05, 0) is 12.8 Å². The highest BCUT2D eigenvalue weighted by atomic mass is 32.2. The van der Waals surface area contributed by atoms with Gasteiger partial charge in [0.15, 0.2) is 0 Å². The van der Waals surface area contributed by atoms with E-state index in [2.05, 4.69) is 4.90 Å². The summed E-state index contributed by atoms with van der Waals surface area (Å²) in [4.78, 5) is 13.7. The van der Waals surface area contributed by atoms with E-state index >= 15 is 0 Å². The van der Waals surface area contributed by atoms with Crippen molar-refractivity contribution in [2.24, 2.45) is 5.92 Å². The van der Waals surface area contributed by atoms with E-state index in [0.717, 1.165) is 42.5 Å². The number of thioether (sulfide) groups is 1. The van der Waals surface area contributed by atoms with Gasteiger partial charge in [0.1, 0.15) is 16.8 Å². The number of Topliss-reactive ketones (excluding diaryl/α,β-unsaturated/α-hetero) is 1. The number of carbonyl (C=O) groups is 1. The summed E-state index contributed by atoms with van der Waals surface area (Å²) in [6.07, 6.45) is 4.08. The van der Waals surface area contributed by atoms with Gasteiger partial charge in [0, 0.05) is 24.6 Å². The number of nitrogens with zero attached hydrogens (tertiary/aromatic N) is 1. The Morgan fingerprint density at radius 1 is 1.56 bits per heavy atom. The van der Waals surface area contributed by atoms with Gasteiger partial charge in [-0.25, -0.2) is 0 Å². The van der Waals surface area contributed by atoms with Crippen molar-refractivity contribution in [1.82, 2.24) is 4.90 Å². The number of ketones is 1. The van der Waals surface area contributed by atoms with Gasteiger partial charge in [-0.1, -0.05) is 30.4 Å². The van der Waals surface area contributed by atoms with Crippen molar-refractivity contribution in [1.29, 1.82) is 0 Å². The summed E-state index contributed by atoms with van der Waals surface area (Å²) in [6.45, 7) is 2.28. The Hall–Kier alpha value is -0.130. The summed E-state index contributed by atoms with van der Waals surface area (Å²) in [5, 5.41) is 0. The molecular formula is C11H17NO2S2. The van der Waals surface area contributed by atoms with Crippen LogP contribution < -0.4 is 0 Å². The van der Waals surface area contributed by atoms with Gasteiger partial charge in [-0.3, -0.25) is 4.79 Å². The van der Waals surface area contributed by atoms with Crippen LogP contribution in [-0.4, -0.2) is 40.6 Å². The molecule has 0 N–H and O–H groups in total. The van der Waals surface area contributed by atoms with Crippen LogP contribution in [-0.2, 0) is 9.53 Å². The second kappa shape index (κ2) is 5.98. The third-order valence-corrected chi connectivity index (χ3v) is 4.79. The summed E-state index contributed by atoms with van der Waals surface area (Å²) in [5.41, 5.74) is 0. The molecule has 2 rings (SSSR count). The molecule has 16 heavy (non-hydrogen) atoms. The zero-order chi connectivity index (χ0) is 11.4. The molecule has 5 heteroatoms. The molecule has 1 aliphatic heterocycles. The van der Waals surface area contributed by atoms with Crippen molar-refractivity contribution in [3.63, 3.8) is 0 Å². The lowest BCUT2D eigenvalue weighted by Crippen LogP contribution is -2.27. The minimum Gasteiger partial charge on any atom is -0.359 e. The van der Waals surface area contributed by atoms with Gasteiger partial charge < -0.3 is 9.64 Å². The van der Waals surface area contributed by atoms with E-state index in [0.29, 0.717) is 12.5 Å². The standard InChI is InChI=1S/C11H17NO2S2/c13-10-4-2-1-3-9(10)7-16-11(15)12-5-6-14-8-12/h9H,1-8H2. The monoisotopic (exact) mass is 259 g/mol. The quantitative estimate of drug-likeness (QED) is 0.708. The molecule has 1 aliphatic carbocycles. The lowest BCUT2D eigenvalue weighted by atomic mass is 9.89. The van der Waals surface area contributed by atoms with Crippen molar-refractivity contribution in [2.75, 3.05) is 25.6 Å². The first-order valence-corrected chi connectivity index (χ1v) is 7.19. The van der Waals surface area contributed by atoms with E-state index < -0.39 is 0 Å². The van der Waals surface area contributed by atoms with Crippen LogP contribution in [0.1, 0.15) is 25.7 Å². The second-order valence-electron chi connectivity index (χ2n) is 4.29. The van der Waals surface area contributed by atoms with Crippen LogP contribution in [0.3, 0.4) is 0 Å². The van der Waals surface area contributed by atoms with Gasteiger partial charge in [-0.2, -0.15) is 0 Å². The number of ether oxygens (including phenoxy) is 1. The minimum atomic E-state index is 0.236. The van der Waals surface area contributed by atoms with Crippen LogP contribution in [0.15, 0.2) is 0 Å². The highest BCUT2D eigenvalue weighted by Crippen LogP contribution is 2.25. The molecule has 0 aromatic heterocycles. The first-order valence-electron chi connectivity index (χ1n) is 5.79. The number of thiocarbonyl (C=S) groups is 1. The number of hydrogen-bond donors (Lipinski definition) is 0. The molecule has 0 aromatic rings. The predicted octanol–water partition coefficient (Wildman–Crippen LogP) is 2.05. The molecule has 0 amide bonds. The number of carbonyl (C=O) groups excluding carboxylic acids is 1. The molecule has 1 atom stereocenters. The van der Waals surface area contributed by atoms with Crippen LogP contribution >= 0.6 is 24.0 Å². The van der Waals surface area contributed by atoms with Crippen molar-refractivity contribution in [3.05, 3.63) is 0 Å². The smallest absolute Gasteiger partial charge is 0.138 e. The van der Waals surface area contributed by atoms with E-state index in [1.54, 1.807) is 11.8 Å². The summed E-state index contributed by atoms with van der Waals surface area (Å²) < 4.78 is 6.13. The van der Waals surface area contributed by atoms with Crippen molar-refractivity contribution >= 4 is 34.1 Å². The van der Waals surface area contributed by atoms with E-state index in [9.17, 15) is 4.79 Å². The molecule has 0 aromatic carbocycles. The van der Waals surface area contributed by atoms with Gasteiger partial charge in [0.25, 0.3) is 0 Å². The molecule has 1 saturated heterocycles. The van der Waals surface area contributed by atoms with Gasteiger partial charge in [0.05, 0.1) is 6.61 Å². The Morgan fingerprint density at radius 2 is 2.44 bits per heavy atom. The summed E-state index contributed by atoms with van der Waals surface area (Å²) in [6, 6.07) is 0. The first-order chi connectivity index (χ1) is 7.77. The van der Waals surface area contributed by atoms with Gasteiger partial charge >= 0.3 is 0 Å². The Kier molecular flexibility index (Phi) is 4.61. The van der Waals surface area contributed by atoms with Crippen LogP contribution in [0.4, 0.5) is 0 Å². The maximum Gasteiger partial charge on any atom is 0.138 e. The van der Waals surface area contributed by atoms with Crippen molar-refractivity contribution in [3.8, 4) is 0 Å². The van der Waals surface area contributed by atoms with Crippen molar-refractivity contribution < 1.29 is 9.53 Å². The maximum absolute atomic E-state index is 11.6. The predicted molar refractivity (Wildman–Crippen MR) is 69.5 cm³/mol. The third kappa shape index (κ3) is 3.18. The molecule has 0 radical (unpaired) electrons. The van der Waals surface area contributed by atoms with E-state index in [1.807, 2.05) is 0 Å². The van der Waals surface area contributed by atoms with E-state index in [4.69, 9.17) is 17.0 Å². The lowest BCUT2D eigenvalue weighted by molar-refractivity contribution is -0.123. The molecule has 2 fully saturated rings. The molecule has 0 spiro atoms. The van der Waals surface area contributed by atoms with Crippen LogP contribution in [0.5, 0.6) is 0 Å². The van der Waals surface area contributed by atoms with Crippen LogP contribution in [0.25, 0.3) is 0 Å². The average Bonchev–Trinajstić information content (AvgIpc) is 2.81. The molecule has 1 heterocycles. The fraction of sp³-hybridized carbons (Fsp3) is 0.818. The molecular weight excluding hydrogens is 242 g/mol. The maximum atomic E-state index is 11.6. The Morgan fingerprint density at radius 3 is 3.12 bits per heavy atom. The van der Waals surface area contributed by atoms with Crippen LogP contribution in [0, 0.1) is 5.92 Å². The largest absolute Gasteiger partial charge is 0.359 e. The van der Waals surface area contributed by atoms with Gasteiger partial charge in [0.2, 0.25) is 0 Å². The minimum absolute atomic E-state index is 0.236. The number of rotatable bonds is 2. The summed E-state index contributed by atoms with van der Waals surface area (Å²) in [7, 11) is 0. The Labute approximate surface area is 106 Å². The summed E-state index contributed by atoms with van der Waals surface area (Å²) >= 11 is 6.96. The molecule has 90 valence electrons. The third-order valence-electron chi connectivity index (χ3n) is 3.10. The normalized spacial score (nSPS) is 26.1. The second-order valence-corrected chi connectivity index (χ2v) is 5.94. The van der Waals surface area contributed by atoms with Crippen molar-refractivity contribution in [2.45, 2.75) is 25.7 Å². The Bertz CT molecular complexity index is 277. The molecule has 1 unspecified atom stereocenters. The fourth-order valence-corrected chi connectivity index (χ4v) is 3.42. The fourth-order valence-electron chi connectivity index (χ4n) is 2.05.